The largest absolute Gasteiger partial charge is 0.494 e. The topological polar surface area (TPSA) is 61.6 Å². The molecule has 2 aromatic carbocycles. The standard InChI is InChI=1S/C19H16BF6NO4/c1-17(2)10-30-20(31-16(17)14-5-3-4-6-15(14)27(28)29)13-8-11(18(21,22)23)7-12(9-13)19(24,25)26/h3-9,16H,10H2,1-2H3. The van der Waals surface area contributed by atoms with Gasteiger partial charge in [0.15, 0.2) is 0 Å². The zero-order valence-electron chi connectivity index (χ0n) is 16.3. The summed E-state index contributed by atoms with van der Waals surface area (Å²) in [6, 6.07) is 6.69. The maximum Gasteiger partial charge on any atom is 0.494 e. The van der Waals surface area contributed by atoms with E-state index in [9.17, 15) is 36.5 Å². The maximum atomic E-state index is 13.2. The van der Waals surface area contributed by atoms with Crippen molar-refractivity contribution in [2.24, 2.45) is 5.41 Å². The molecule has 2 aromatic rings. The summed E-state index contributed by atoms with van der Waals surface area (Å²) in [5.41, 5.74) is -4.47. The Labute approximate surface area is 173 Å². The third kappa shape index (κ3) is 4.85. The van der Waals surface area contributed by atoms with Crippen LogP contribution in [0.3, 0.4) is 0 Å². The number of rotatable bonds is 3. The van der Waals surface area contributed by atoms with Gasteiger partial charge in [0.25, 0.3) is 5.69 Å². The Morgan fingerprint density at radius 1 is 1.03 bits per heavy atom. The Balaban J connectivity index is 2.07. The lowest BCUT2D eigenvalue weighted by Gasteiger charge is -2.41. The number of para-hydroxylation sites is 1. The summed E-state index contributed by atoms with van der Waals surface area (Å²) < 4.78 is 90.3. The van der Waals surface area contributed by atoms with Crippen molar-refractivity contribution in [2.45, 2.75) is 32.3 Å². The number of hydrogen-bond donors (Lipinski definition) is 0. The van der Waals surface area contributed by atoms with Crippen molar-refractivity contribution in [1.29, 1.82) is 0 Å². The molecule has 0 bridgehead atoms. The molecule has 166 valence electrons. The first kappa shape index (κ1) is 23.1. The van der Waals surface area contributed by atoms with Crippen LogP contribution in [0.15, 0.2) is 42.5 Å². The predicted molar refractivity (Wildman–Crippen MR) is 98.5 cm³/mol. The van der Waals surface area contributed by atoms with E-state index in [1.165, 1.54) is 24.3 Å². The monoisotopic (exact) mass is 447 g/mol. The van der Waals surface area contributed by atoms with E-state index in [0.717, 1.165) is 0 Å². The number of halogens is 6. The molecule has 0 aliphatic carbocycles. The summed E-state index contributed by atoms with van der Waals surface area (Å²) in [7, 11) is -1.58. The summed E-state index contributed by atoms with van der Waals surface area (Å²) in [5, 5.41) is 11.4. The van der Waals surface area contributed by atoms with Gasteiger partial charge in [-0.15, -0.1) is 0 Å². The Kier molecular flexibility index (Phi) is 5.83. The van der Waals surface area contributed by atoms with Gasteiger partial charge in [-0.1, -0.05) is 38.1 Å². The molecule has 1 unspecified atom stereocenters. The number of nitro groups is 1. The number of benzene rings is 2. The Morgan fingerprint density at radius 2 is 1.58 bits per heavy atom. The molecule has 1 aliphatic rings. The number of alkyl halides is 6. The van der Waals surface area contributed by atoms with Crippen LogP contribution in [0.25, 0.3) is 0 Å². The van der Waals surface area contributed by atoms with Crippen LogP contribution in [-0.2, 0) is 21.7 Å². The second-order valence-electron chi connectivity index (χ2n) is 7.80. The Bertz CT molecular complexity index is 960. The zero-order chi connectivity index (χ0) is 23.2. The van der Waals surface area contributed by atoms with Gasteiger partial charge in [0, 0.05) is 18.1 Å². The first-order chi connectivity index (χ1) is 14.2. The van der Waals surface area contributed by atoms with E-state index in [2.05, 4.69) is 0 Å². The van der Waals surface area contributed by atoms with Gasteiger partial charge in [-0.2, -0.15) is 26.3 Å². The van der Waals surface area contributed by atoms with E-state index < -0.39 is 52.5 Å². The van der Waals surface area contributed by atoms with Gasteiger partial charge in [-0.3, -0.25) is 10.1 Å². The lowest BCUT2D eigenvalue weighted by molar-refractivity contribution is -0.386. The quantitative estimate of drug-likeness (QED) is 0.283. The molecule has 1 aliphatic heterocycles. The molecule has 1 saturated heterocycles. The van der Waals surface area contributed by atoms with Crippen molar-refractivity contribution in [3.63, 3.8) is 0 Å². The van der Waals surface area contributed by atoms with E-state index in [4.69, 9.17) is 9.31 Å². The van der Waals surface area contributed by atoms with E-state index in [-0.39, 0.29) is 23.9 Å². The zero-order valence-corrected chi connectivity index (χ0v) is 16.3. The molecule has 1 heterocycles. The molecular formula is C19H16BF6NO4. The highest BCUT2D eigenvalue weighted by molar-refractivity contribution is 6.61. The fraction of sp³-hybridized carbons (Fsp3) is 0.368. The lowest BCUT2D eigenvalue weighted by Crippen LogP contribution is -2.49. The van der Waals surface area contributed by atoms with Gasteiger partial charge in [-0.05, 0) is 17.6 Å². The first-order valence-electron chi connectivity index (χ1n) is 9.00. The molecule has 1 atom stereocenters. The third-order valence-corrected chi connectivity index (χ3v) is 4.87. The molecule has 0 N–H and O–H groups in total. The van der Waals surface area contributed by atoms with Gasteiger partial charge in [0.1, 0.15) is 0 Å². The average Bonchev–Trinajstić information content (AvgIpc) is 2.66. The van der Waals surface area contributed by atoms with Gasteiger partial charge >= 0.3 is 19.5 Å². The van der Waals surface area contributed by atoms with Gasteiger partial charge in [-0.25, -0.2) is 0 Å². The van der Waals surface area contributed by atoms with Crippen molar-refractivity contribution < 1.29 is 40.6 Å². The summed E-state index contributed by atoms with van der Waals surface area (Å²) in [4.78, 5) is 10.8. The molecule has 0 amide bonds. The van der Waals surface area contributed by atoms with Crippen LogP contribution in [0.2, 0.25) is 0 Å². The SMILES string of the molecule is CC1(C)COB(c2cc(C(F)(F)F)cc(C(F)(F)F)c2)OC1c1ccccc1[N+](=O)[O-]. The van der Waals surface area contributed by atoms with Crippen LogP contribution in [0.1, 0.15) is 36.6 Å². The van der Waals surface area contributed by atoms with Crippen molar-refractivity contribution in [2.75, 3.05) is 6.61 Å². The molecular weight excluding hydrogens is 431 g/mol. The summed E-state index contributed by atoms with van der Waals surface area (Å²) in [5.74, 6) is 0. The van der Waals surface area contributed by atoms with E-state index >= 15 is 0 Å². The fourth-order valence-electron chi connectivity index (χ4n) is 3.37. The molecule has 3 rings (SSSR count). The Hall–Kier alpha value is -2.60. The normalized spacial score (nSPS) is 19.4. The first-order valence-corrected chi connectivity index (χ1v) is 9.00. The predicted octanol–water partition coefficient (Wildman–Crippen LogP) is 5.14. The smallest absolute Gasteiger partial charge is 0.407 e. The summed E-state index contributed by atoms with van der Waals surface area (Å²) in [6.45, 7) is 3.21. The second kappa shape index (κ2) is 7.83. The van der Waals surface area contributed by atoms with Crippen molar-refractivity contribution in [3.05, 3.63) is 69.3 Å². The molecule has 0 saturated carbocycles. The fourth-order valence-corrected chi connectivity index (χ4v) is 3.37. The highest BCUT2D eigenvalue weighted by Gasteiger charge is 2.46. The van der Waals surface area contributed by atoms with Crippen molar-refractivity contribution in [1.82, 2.24) is 0 Å². The van der Waals surface area contributed by atoms with Crippen LogP contribution in [0.5, 0.6) is 0 Å². The van der Waals surface area contributed by atoms with E-state index in [1.807, 2.05) is 0 Å². The van der Waals surface area contributed by atoms with Crippen LogP contribution in [0.4, 0.5) is 32.0 Å². The molecule has 5 nitrogen and oxygen atoms in total. The van der Waals surface area contributed by atoms with Crippen molar-refractivity contribution in [3.8, 4) is 0 Å². The van der Waals surface area contributed by atoms with Crippen LogP contribution in [0, 0.1) is 15.5 Å². The highest BCUT2D eigenvalue weighted by atomic mass is 19.4. The minimum Gasteiger partial charge on any atom is -0.407 e. The third-order valence-electron chi connectivity index (χ3n) is 4.87. The van der Waals surface area contributed by atoms with Crippen LogP contribution >= 0.6 is 0 Å². The molecule has 0 radical (unpaired) electrons. The highest BCUT2D eigenvalue weighted by Crippen LogP contribution is 2.44. The van der Waals surface area contributed by atoms with E-state index in [0.29, 0.717) is 12.1 Å². The number of nitrogens with zero attached hydrogens (tertiary/aromatic N) is 1. The van der Waals surface area contributed by atoms with Gasteiger partial charge < -0.3 is 9.31 Å². The molecule has 0 spiro atoms. The maximum absolute atomic E-state index is 13.2. The molecule has 12 heteroatoms. The number of hydrogen-bond acceptors (Lipinski definition) is 4. The minimum atomic E-state index is -5.03. The molecule has 1 fully saturated rings. The van der Waals surface area contributed by atoms with Gasteiger partial charge in [0.05, 0.1) is 27.7 Å². The molecule has 31 heavy (non-hydrogen) atoms. The minimum absolute atomic E-state index is 0.00971. The second-order valence-corrected chi connectivity index (χ2v) is 7.80. The lowest BCUT2D eigenvalue weighted by atomic mass is 9.71. The van der Waals surface area contributed by atoms with E-state index in [1.54, 1.807) is 13.8 Å². The van der Waals surface area contributed by atoms with Crippen LogP contribution in [-0.4, -0.2) is 18.6 Å². The summed E-state index contributed by atoms with van der Waals surface area (Å²) >= 11 is 0. The molecule has 0 aromatic heterocycles. The average molecular weight is 447 g/mol. The summed E-state index contributed by atoms with van der Waals surface area (Å²) in [6.07, 6.45) is -11.1. The Morgan fingerprint density at radius 3 is 2.10 bits per heavy atom. The van der Waals surface area contributed by atoms with Crippen LogP contribution < -0.4 is 5.46 Å². The van der Waals surface area contributed by atoms with Gasteiger partial charge in [0.2, 0.25) is 0 Å². The van der Waals surface area contributed by atoms with Crippen molar-refractivity contribution >= 4 is 18.3 Å². The number of nitro benzene ring substituents is 1.